The number of nitrogens with one attached hydrogen (secondary N) is 2. The van der Waals surface area contributed by atoms with Crippen molar-refractivity contribution in [2.75, 3.05) is 20.2 Å². The van der Waals surface area contributed by atoms with Crippen molar-refractivity contribution >= 4 is 41.3 Å². The van der Waals surface area contributed by atoms with Crippen LogP contribution in [0.4, 0.5) is 13.2 Å². The number of halogens is 4. The molecule has 0 saturated carbocycles. The standard InChI is InChI=1S/C16H19F3N4OS.HI/c1-20-15(21-8-5-9-24-12-6-3-2-4-7-12)22-10-14-23-13(11-25-14)16(17,18)19;/h2-4,6-7,11H,5,8-10H2,1H3,(H2,20,21,22);1H. The highest BCUT2D eigenvalue weighted by atomic mass is 127. The SMILES string of the molecule is CN=C(NCCCOc1ccccc1)NCc1nc(C(F)(F)F)cs1.I. The summed E-state index contributed by atoms with van der Waals surface area (Å²) in [6.45, 7) is 1.36. The molecule has 0 aliphatic rings. The van der Waals surface area contributed by atoms with Gasteiger partial charge in [-0.25, -0.2) is 4.98 Å². The number of ether oxygens (including phenoxy) is 1. The van der Waals surface area contributed by atoms with Crippen LogP contribution < -0.4 is 15.4 Å². The summed E-state index contributed by atoms with van der Waals surface area (Å²) in [5.74, 6) is 1.32. The number of para-hydroxylation sites is 1. The molecule has 0 aliphatic heterocycles. The summed E-state index contributed by atoms with van der Waals surface area (Å²) in [6.07, 6.45) is -3.65. The lowest BCUT2D eigenvalue weighted by atomic mass is 10.3. The molecule has 2 aromatic rings. The number of benzene rings is 1. The Balaban J connectivity index is 0.00000338. The van der Waals surface area contributed by atoms with Crippen molar-refractivity contribution < 1.29 is 17.9 Å². The molecule has 144 valence electrons. The molecule has 0 spiro atoms. The van der Waals surface area contributed by atoms with Gasteiger partial charge in [0.1, 0.15) is 10.8 Å². The van der Waals surface area contributed by atoms with E-state index in [2.05, 4.69) is 20.6 Å². The van der Waals surface area contributed by atoms with Crippen LogP contribution in [-0.2, 0) is 12.7 Å². The van der Waals surface area contributed by atoms with Crippen molar-refractivity contribution in [1.29, 1.82) is 0 Å². The average Bonchev–Trinajstić information content (AvgIpc) is 3.07. The minimum absolute atomic E-state index is 0. The van der Waals surface area contributed by atoms with Crippen LogP contribution in [0.2, 0.25) is 0 Å². The van der Waals surface area contributed by atoms with Gasteiger partial charge in [0.2, 0.25) is 0 Å². The van der Waals surface area contributed by atoms with Gasteiger partial charge in [0.25, 0.3) is 0 Å². The maximum absolute atomic E-state index is 12.5. The number of guanidine groups is 1. The van der Waals surface area contributed by atoms with Crippen LogP contribution in [-0.4, -0.2) is 31.1 Å². The third kappa shape index (κ3) is 7.77. The fourth-order valence-corrected chi connectivity index (χ4v) is 2.63. The zero-order valence-corrected chi connectivity index (χ0v) is 17.2. The fourth-order valence-electron chi connectivity index (χ4n) is 1.89. The van der Waals surface area contributed by atoms with Gasteiger partial charge in [0.05, 0.1) is 13.2 Å². The number of nitrogens with zero attached hydrogens (tertiary/aromatic N) is 2. The Morgan fingerprint density at radius 3 is 2.58 bits per heavy atom. The van der Waals surface area contributed by atoms with Crippen molar-refractivity contribution in [3.63, 3.8) is 0 Å². The van der Waals surface area contributed by atoms with Crippen LogP contribution in [0.15, 0.2) is 40.7 Å². The predicted molar refractivity (Wildman–Crippen MR) is 107 cm³/mol. The van der Waals surface area contributed by atoms with E-state index in [0.29, 0.717) is 24.1 Å². The van der Waals surface area contributed by atoms with Crippen molar-refractivity contribution in [2.24, 2.45) is 4.99 Å². The Morgan fingerprint density at radius 2 is 1.96 bits per heavy atom. The summed E-state index contributed by atoms with van der Waals surface area (Å²) in [5, 5.41) is 7.37. The number of rotatable bonds is 7. The Labute approximate surface area is 171 Å². The maximum atomic E-state index is 12.5. The third-order valence-electron chi connectivity index (χ3n) is 3.10. The van der Waals surface area contributed by atoms with Gasteiger partial charge in [-0.1, -0.05) is 18.2 Å². The van der Waals surface area contributed by atoms with E-state index in [0.717, 1.165) is 28.9 Å². The molecule has 0 unspecified atom stereocenters. The second kappa shape index (κ2) is 11.2. The van der Waals surface area contributed by atoms with Crippen LogP contribution in [0, 0.1) is 0 Å². The van der Waals surface area contributed by atoms with Crippen molar-refractivity contribution in [3.05, 3.63) is 46.4 Å². The first kappa shape index (κ1) is 22.5. The van der Waals surface area contributed by atoms with Gasteiger partial charge < -0.3 is 15.4 Å². The van der Waals surface area contributed by atoms with Gasteiger partial charge in [-0.15, -0.1) is 35.3 Å². The van der Waals surface area contributed by atoms with Gasteiger partial charge in [0.15, 0.2) is 11.7 Å². The smallest absolute Gasteiger partial charge is 0.434 e. The Morgan fingerprint density at radius 1 is 1.23 bits per heavy atom. The number of hydrogen-bond donors (Lipinski definition) is 2. The summed E-state index contributed by atoms with van der Waals surface area (Å²) >= 11 is 0.962. The summed E-state index contributed by atoms with van der Waals surface area (Å²) in [5.41, 5.74) is -0.865. The van der Waals surface area contributed by atoms with Gasteiger partial charge in [0, 0.05) is 19.0 Å². The van der Waals surface area contributed by atoms with E-state index in [9.17, 15) is 13.2 Å². The lowest BCUT2D eigenvalue weighted by Gasteiger charge is -2.11. The molecular weight excluding hydrogens is 480 g/mol. The number of aromatic nitrogens is 1. The molecule has 1 aromatic carbocycles. The zero-order valence-electron chi connectivity index (χ0n) is 14.0. The summed E-state index contributed by atoms with van der Waals surface area (Å²) in [6, 6.07) is 9.50. The monoisotopic (exact) mass is 500 g/mol. The van der Waals surface area contributed by atoms with Gasteiger partial charge in [-0.3, -0.25) is 4.99 Å². The molecule has 0 bridgehead atoms. The first-order chi connectivity index (χ1) is 12.0. The van der Waals surface area contributed by atoms with Crippen LogP contribution in [0.25, 0.3) is 0 Å². The molecule has 10 heteroatoms. The average molecular weight is 500 g/mol. The highest BCUT2D eigenvalue weighted by Gasteiger charge is 2.33. The molecule has 26 heavy (non-hydrogen) atoms. The molecule has 2 rings (SSSR count). The first-order valence-corrected chi connectivity index (χ1v) is 8.51. The molecule has 1 heterocycles. The quantitative estimate of drug-likeness (QED) is 0.262. The van der Waals surface area contributed by atoms with E-state index in [-0.39, 0.29) is 30.5 Å². The van der Waals surface area contributed by atoms with Crippen LogP contribution in [0.5, 0.6) is 5.75 Å². The Hall–Kier alpha value is -1.56. The molecule has 0 fully saturated rings. The van der Waals surface area contributed by atoms with Gasteiger partial charge >= 0.3 is 6.18 Å². The number of hydrogen-bond acceptors (Lipinski definition) is 4. The van der Waals surface area contributed by atoms with Crippen molar-refractivity contribution in [3.8, 4) is 5.75 Å². The normalized spacial score (nSPS) is 11.6. The highest BCUT2D eigenvalue weighted by molar-refractivity contribution is 14.0. The zero-order chi connectivity index (χ0) is 18.1. The largest absolute Gasteiger partial charge is 0.494 e. The number of alkyl halides is 3. The van der Waals surface area contributed by atoms with Gasteiger partial charge in [-0.05, 0) is 18.6 Å². The third-order valence-corrected chi connectivity index (χ3v) is 3.95. The maximum Gasteiger partial charge on any atom is 0.434 e. The lowest BCUT2D eigenvalue weighted by molar-refractivity contribution is -0.140. The van der Waals surface area contributed by atoms with Crippen LogP contribution >= 0.6 is 35.3 Å². The van der Waals surface area contributed by atoms with E-state index in [4.69, 9.17) is 4.74 Å². The molecule has 2 N–H and O–H groups in total. The number of aliphatic imine (C=N–C) groups is 1. The lowest BCUT2D eigenvalue weighted by Crippen LogP contribution is -2.37. The molecule has 1 aromatic heterocycles. The Bertz CT molecular complexity index is 680. The molecule has 0 radical (unpaired) electrons. The molecule has 0 atom stereocenters. The fraction of sp³-hybridized carbons (Fsp3) is 0.375. The van der Waals surface area contributed by atoms with E-state index in [1.54, 1.807) is 7.05 Å². The second-order valence-electron chi connectivity index (χ2n) is 4.99. The van der Waals surface area contributed by atoms with Crippen molar-refractivity contribution in [2.45, 2.75) is 19.1 Å². The second-order valence-corrected chi connectivity index (χ2v) is 5.93. The van der Waals surface area contributed by atoms with Crippen LogP contribution in [0.1, 0.15) is 17.1 Å². The van der Waals surface area contributed by atoms with E-state index >= 15 is 0 Å². The summed E-state index contributed by atoms with van der Waals surface area (Å²) in [4.78, 5) is 7.58. The molecule has 0 saturated heterocycles. The van der Waals surface area contributed by atoms with Crippen molar-refractivity contribution in [1.82, 2.24) is 15.6 Å². The Kier molecular flexibility index (Phi) is 9.70. The summed E-state index contributed by atoms with van der Waals surface area (Å²) in [7, 11) is 1.60. The van der Waals surface area contributed by atoms with Crippen LogP contribution in [0.3, 0.4) is 0 Å². The summed E-state index contributed by atoms with van der Waals surface area (Å²) < 4.78 is 43.1. The van der Waals surface area contributed by atoms with E-state index in [1.165, 1.54) is 0 Å². The van der Waals surface area contributed by atoms with E-state index in [1.807, 2.05) is 30.3 Å². The molecule has 0 aliphatic carbocycles. The number of thiazole rings is 1. The predicted octanol–water partition coefficient (Wildman–Crippen LogP) is 3.91. The van der Waals surface area contributed by atoms with Gasteiger partial charge in [-0.2, -0.15) is 13.2 Å². The molecule has 0 amide bonds. The van der Waals surface area contributed by atoms with E-state index < -0.39 is 11.9 Å². The first-order valence-electron chi connectivity index (χ1n) is 7.63. The minimum atomic E-state index is -4.41. The molecular formula is C16H20F3IN4OS. The molecule has 5 nitrogen and oxygen atoms in total. The highest BCUT2D eigenvalue weighted by Crippen LogP contribution is 2.29. The topological polar surface area (TPSA) is 58.5 Å². The minimum Gasteiger partial charge on any atom is -0.494 e.